The van der Waals surface area contributed by atoms with Crippen molar-refractivity contribution in [2.24, 2.45) is 29.4 Å². The number of nitrogens with two attached hydrogens (primary N) is 1. The van der Waals surface area contributed by atoms with Gasteiger partial charge in [0.05, 0.1) is 0 Å². The maximum atomic E-state index is 12.3. The Bertz CT molecular complexity index is 297. The number of hydrogen-bond acceptors (Lipinski definition) is 2. The largest absolute Gasteiger partial charge is 0.353 e. The molecule has 0 saturated heterocycles. The van der Waals surface area contributed by atoms with Crippen molar-refractivity contribution >= 4 is 5.91 Å². The first kappa shape index (κ1) is 14.8. The Balaban J connectivity index is 1.75. The molecule has 3 atom stereocenters. The van der Waals surface area contributed by atoms with Gasteiger partial charge in [0.25, 0.3) is 0 Å². The minimum atomic E-state index is 0.248. The molecule has 0 bridgehead atoms. The van der Waals surface area contributed by atoms with Crippen LogP contribution in [0.3, 0.4) is 0 Å². The van der Waals surface area contributed by atoms with Gasteiger partial charge in [-0.05, 0) is 69.2 Å². The number of nitrogens with one attached hydrogen (secondary N) is 1. The van der Waals surface area contributed by atoms with E-state index in [2.05, 4.69) is 19.2 Å². The van der Waals surface area contributed by atoms with Crippen LogP contribution in [0.5, 0.6) is 0 Å². The van der Waals surface area contributed by atoms with Gasteiger partial charge in [-0.2, -0.15) is 0 Å². The van der Waals surface area contributed by atoms with E-state index >= 15 is 0 Å². The lowest BCUT2D eigenvalue weighted by molar-refractivity contribution is -0.127. The molecule has 0 aliphatic heterocycles. The third-order valence-corrected chi connectivity index (χ3v) is 5.50. The molecule has 0 aromatic carbocycles. The van der Waals surface area contributed by atoms with E-state index in [1.54, 1.807) is 0 Å². The van der Waals surface area contributed by atoms with Gasteiger partial charge in [-0.15, -0.1) is 0 Å². The molecule has 2 aliphatic carbocycles. The predicted molar refractivity (Wildman–Crippen MR) is 78.6 cm³/mol. The van der Waals surface area contributed by atoms with Gasteiger partial charge in [0, 0.05) is 12.0 Å². The Morgan fingerprint density at radius 3 is 2.32 bits per heavy atom. The van der Waals surface area contributed by atoms with E-state index in [9.17, 15) is 4.79 Å². The summed E-state index contributed by atoms with van der Waals surface area (Å²) in [4.78, 5) is 12.3. The molecule has 0 aromatic rings. The first-order chi connectivity index (χ1) is 9.10. The van der Waals surface area contributed by atoms with Crippen LogP contribution in [0.2, 0.25) is 0 Å². The Kier molecular flexibility index (Phi) is 5.26. The molecule has 3 heteroatoms. The molecule has 19 heavy (non-hydrogen) atoms. The fourth-order valence-electron chi connectivity index (χ4n) is 3.66. The van der Waals surface area contributed by atoms with Crippen molar-refractivity contribution in [2.75, 3.05) is 6.54 Å². The molecule has 3 unspecified atom stereocenters. The second-order valence-corrected chi connectivity index (χ2v) is 6.93. The minimum Gasteiger partial charge on any atom is -0.353 e. The van der Waals surface area contributed by atoms with Crippen LogP contribution < -0.4 is 11.1 Å². The van der Waals surface area contributed by atoms with Gasteiger partial charge in [0.15, 0.2) is 0 Å². The number of carbonyl (C=O) groups is 1. The van der Waals surface area contributed by atoms with Crippen molar-refractivity contribution in [1.82, 2.24) is 5.32 Å². The Hall–Kier alpha value is -0.570. The second-order valence-electron chi connectivity index (χ2n) is 6.93. The van der Waals surface area contributed by atoms with E-state index in [0.29, 0.717) is 17.9 Å². The Morgan fingerprint density at radius 1 is 1.05 bits per heavy atom. The molecule has 0 heterocycles. The van der Waals surface area contributed by atoms with Crippen molar-refractivity contribution in [3.8, 4) is 0 Å². The van der Waals surface area contributed by atoms with E-state index < -0.39 is 0 Å². The topological polar surface area (TPSA) is 55.1 Å². The van der Waals surface area contributed by atoms with Gasteiger partial charge in [0.2, 0.25) is 5.91 Å². The highest BCUT2D eigenvalue weighted by molar-refractivity contribution is 5.79. The monoisotopic (exact) mass is 266 g/mol. The van der Waals surface area contributed by atoms with E-state index in [4.69, 9.17) is 5.73 Å². The van der Waals surface area contributed by atoms with Crippen LogP contribution in [0, 0.1) is 23.7 Å². The van der Waals surface area contributed by atoms with Crippen LogP contribution in [0.15, 0.2) is 0 Å². The molecule has 1 amide bonds. The summed E-state index contributed by atoms with van der Waals surface area (Å²) in [6.07, 6.45) is 7.91. The maximum absolute atomic E-state index is 12.3. The van der Waals surface area contributed by atoms with E-state index in [1.807, 2.05) is 0 Å². The quantitative estimate of drug-likeness (QED) is 0.825. The second kappa shape index (κ2) is 6.74. The number of rotatable bonds is 3. The lowest BCUT2D eigenvalue weighted by atomic mass is 9.78. The molecule has 0 radical (unpaired) electrons. The third kappa shape index (κ3) is 3.95. The summed E-state index contributed by atoms with van der Waals surface area (Å²) in [6, 6.07) is 0.422. The zero-order valence-electron chi connectivity index (χ0n) is 12.5. The zero-order valence-corrected chi connectivity index (χ0v) is 12.5. The first-order valence-electron chi connectivity index (χ1n) is 8.10. The molecular weight excluding hydrogens is 236 g/mol. The van der Waals surface area contributed by atoms with Crippen LogP contribution >= 0.6 is 0 Å². The molecule has 3 nitrogen and oxygen atoms in total. The molecule has 0 aromatic heterocycles. The minimum absolute atomic E-state index is 0.248. The lowest BCUT2D eigenvalue weighted by Gasteiger charge is -2.34. The molecule has 110 valence electrons. The number of amides is 1. The number of carbonyl (C=O) groups excluding carboxylic acids is 1. The fraction of sp³-hybridized carbons (Fsp3) is 0.938. The first-order valence-corrected chi connectivity index (χ1v) is 8.10. The molecule has 0 spiro atoms. The van der Waals surface area contributed by atoms with E-state index in [1.165, 1.54) is 6.42 Å². The van der Waals surface area contributed by atoms with Crippen LogP contribution in [0.4, 0.5) is 0 Å². The molecule has 2 fully saturated rings. The molecule has 2 saturated carbocycles. The van der Waals surface area contributed by atoms with E-state index in [0.717, 1.165) is 56.9 Å². The summed E-state index contributed by atoms with van der Waals surface area (Å²) in [7, 11) is 0. The normalized spacial score (nSPS) is 39.8. The summed E-state index contributed by atoms with van der Waals surface area (Å²) in [6.45, 7) is 5.43. The van der Waals surface area contributed by atoms with Crippen molar-refractivity contribution < 1.29 is 4.79 Å². The highest BCUT2D eigenvalue weighted by Crippen LogP contribution is 2.31. The average molecular weight is 266 g/mol. The zero-order chi connectivity index (χ0) is 13.8. The molecule has 2 rings (SSSR count). The summed E-state index contributed by atoms with van der Waals surface area (Å²) < 4.78 is 0. The standard InChI is InChI=1S/C16H30N2O/c1-11-3-8-15(9-12(11)2)18-16(19)14-6-4-13(10-17)5-7-14/h11-15H,3-10,17H2,1-2H3,(H,18,19). The predicted octanol–water partition coefficient (Wildman–Crippen LogP) is 2.69. The summed E-state index contributed by atoms with van der Waals surface area (Å²) in [5.74, 6) is 2.76. The van der Waals surface area contributed by atoms with Gasteiger partial charge in [0.1, 0.15) is 0 Å². The maximum Gasteiger partial charge on any atom is 0.223 e. The van der Waals surface area contributed by atoms with Crippen molar-refractivity contribution in [3.05, 3.63) is 0 Å². The van der Waals surface area contributed by atoms with E-state index in [-0.39, 0.29) is 5.92 Å². The van der Waals surface area contributed by atoms with Gasteiger partial charge in [-0.1, -0.05) is 13.8 Å². The smallest absolute Gasteiger partial charge is 0.223 e. The number of hydrogen-bond donors (Lipinski definition) is 2. The summed E-state index contributed by atoms with van der Waals surface area (Å²) >= 11 is 0. The van der Waals surface area contributed by atoms with Gasteiger partial charge >= 0.3 is 0 Å². The third-order valence-electron chi connectivity index (χ3n) is 5.50. The summed E-state index contributed by atoms with van der Waals surface area (Å²) in [5, 5.41) is 3.30. The van der Waals surface area contributed by atoms with Crippen LogP contribution in [0.25, 0.3) is 0 Å². The SMILES string of the molecule is CC1CCC(NC(=O)C2CCC(CN)CC2)CC1C. The van der Waals surface area contributed by atoms with Crippen molar-refractivity contribution in [2.45, 2.75) is 64.8 Å². The van der Waals surface area contributed by atoms with Gasteiger partial charge in [-0.3, -0.25) is 4.79 Å². The summed E-state index contributed by atoms with van der Waals surface area (Å²) in [5.41, 5.74) is 5.70. The lowest BCUT2D eigenvalue weighted by Crippen LogP contribution is -2.43. The highest BCUT2D eigenvalue weighted by Gasteiger charge is 2.29. The van der Waals surface area contributed by atoms with Crippen molar-refractivity contribution in [1.29, 1.82) is 0 Å². The van der Waals surface area contributed by atoms with Crippen molar-refractivity contribution in [3.63, 3.8) is 0 Å². The van der Waals surface area contributed by atoms with Crippen LogP contribution in [-0.4, -0.2) is 18.5 Å². The Labute approximate surface area is 117 Å². The van der Waals surface area contributed by atoms with Gasteiger partial charge in [-0.25, -0.2) is 0 Å². The van der Waals surface area contributed by atoms with Crippen LogP contribution in [0.1, 0.15) is 58.8 Å². The van der Waals surface area contributed by atoms with Gasteiger partial charge < -0.3 is 11.1 Å². The molecule has 2 aliphatic rings. The fourth-order valence-corrected chi connectivity index (χ4v) is 3.66. The molecule has 3 N–H and O–H groups in total. The molecular formula is C16H30N2O. The average Bonchev–Trinajstić information content (AvgIpc) is 2.43. The highest BCUT2D eigenvalue weighted by atomic mass is 16.1. The Morgan fingerprint density at radius 2 is 1.74 bits per heavy atom. The van der Waals surface area contributed by atoms with Crippen LogP contribution in [-0.2, 0) is 4.79 Å².